The molecule has 0 saturated carbocycles. The number of halogens is 3. The molecule has 7 heteroatoms. The number of alkyl halides is 3. The van der Waals surface area contributed by atoms with E-state index in [2.05, 4.69) is 15.5 Å². The van der Waals surface area contributed by atoms with Crippen LogP contribution in [0.3, 0.4) is 0 Å². The zero-order valence-electron chi connectivity index (χ0n) is 9.96. The second-order valence-electron chi connectivity index (χ2n) is 4.64. The number of hydrogen-bond acceptors (Lipinski definition) is 4. The van der Waals surface area contributed by atoms with Gasteiger partial charge in [0.1, 0.15) is 0 Å². The van der Waals surface area contributed by atoms with Crippen LogP contribution in [0.1, 0.15) is 31.0 Å². The van der Waals surface area contributed by atoms with Crippen LogP contribution in [0.15, 0.2) is 4.52 Å². The monoisotopic (exact) mass is 263 g/mol. The summed E-state index contributed by atoms with van der Waals surface area (Å²) in [5.74, 6) is 1.03. The van der Waals surface area contributed by atoms with Crippen LogP contribution in [0.4, 0.5) is 13.2 Å². The SMILES string of the molecule is FC(F)(F)CCc1noc(CC2CCCNC2)n1. The largest absolute Gasteiger partial charge is 0.389 e. The molecule has 1 aromatic heterocycles. The molecule has 2 rings (SSSR count). The minimum Gasteiger partial charge on any atom is -0.339 e. The van der Waals surface area contributed by atoms with E-state index in [9.17, 15) is 13.2 Å². The topological polar surface area (TPSA) is 51.0 Å². The fourth-order valence-corrected chi connectivity index (χ4v) is 2.07. The Kier molecular flexibility index (Phi) is 4.21. The van der Waals surface area contributed by atoms with Gasteiger partial charge in [0.15, 0.2) is 5.82 Å². The first kappa shape index (κ1) is 13.3. The van der Waals surface area contributed by atoms with Crippen molar-refractivity contribution in [2.24, 2.45) is 5.92 Å². The lowest BCUT2D eigenvalue weighted by Gasteiger charge is -2.20. The summed E-state index contributed by atoms with van der Waals surface area (Å²) in [7, 11) is 0. The predicted octanol–water partition coefficient (Wildman–Crippen LogP) is 2.11. The van der Waals surface area contributed by atoms with Crippen LogP contribution in [-0.4, -0.2) is 29.4 Å². The van der Waals surface area contributed by atoms with Gasteiger partial charge in [0.25, 0.3) is 0 Å². The third-order valence-corrected chi connectivity index (χ3v) is 3.00. The highest BCUT2D eigenvalue weighted by atomic mass is 19.4. The Hall–Kier alpha value is -1.11. The first-order chi connectivity index (χ1) is 8.53. The van der Waals surface area contributed by atoms with Crippen LogP contribution in [0.25, 0.3) is 0 Å². The molecule has 1 atom stereocenters. The number of piperidine rings is 1. The molecule has 4 nitrogen and oxygen atoms in total. The van der Waals surface area contributed by atoms with E-state index in [1.54, 1.807) is 0 Å². The minimum atomic E-state index is -4.17. The van der Waals surface area contributed by atoms with E-state index in [0.717, 1.165) is 25.9 Å². The summed E-state index contributed by atoms with van der Waals surface area (Å²) in [5, 5.41) is 6.85. The molecule has 1 aliphatic rings. The van der Waals surface area contributed by atoms with Crippen LogP contribution in [0, 0.1) is 5.92 Å². The van der Waals surface area contributed by atoms with Crippen molar-refractivity contribution in [3.05, 3.63) is 11.7 Å². The maximum absolute atomic E-state index is 12.0. The van der Waals surface area contributed by atoms with Crippen LogP contribution in [0.2, 0.25) is 0 Å². The van der Waals surface area contributed by atoms with Gasteiger partial charge in [0, 0.05) is 12.8 Å². The third kappa shape index (κ3) is 4.29. The van der Waals surface area contributed by atoms with Crippen molar-refractivity contribution in [3.63, 3.8) is 0 Å². The van der Waals surface area contributed by atoms with Gasteiger partial charge in [0.05, 0.1) is 6.42 Å². The second-order valence-corrected chi connectivity index (χ2v) is 4.64. The molecular formula is C11H16F3N3O. The van der Waals surface area contributed by atoms with E-state index in [1.165, 1.54) is 0 Å². The second kappa shape index (κ2) is 5.69. The molecule has 0 spiro atoms. The van der Waals surface area contributed by atoms with E-state index >= 15 is 0 Å². The highest BCUT2D eigenvalue weighted by Crippen LogP contribution is 2.21. The van der Waals surface area contributed by atoms with Crippen molar-refractivity contribution >= 4 is 0 Å². The molecular weight excluding hydrogens is 247 g/mol. The fraction of sp³-hybridized carbons (Fsp3) is 0.818. The molecule has 1 unspecified atom stereocenters. The van der Waals surface area contributed by atoms with E-state index in [1.807, 2.05) is 0 Å². The van der Waals surface area contributed by atoms with E-state index in [0.29, 0.717) is 18.2 Å². The van der Waals surface area contributed by atoms with Gasteiger partial charge >= 0.3 is 6.18 Å². The Labute approximate surface area is 103 Å². The molecule has 2 heterocycles. The number of aryl methyl sites for hydroxylation is 1. The van der Waals surface area contributed by atoms with E-state index in [-0.39, 0.29) is 12.2 Å². The molecule has 0 aromatic carbocycles. The number of rotatable bonds is 4. The Balaban J connectivity index is 1.82. The van der Waals surface area contributed by atoms with Crippen LogP contribution >= 0.6 is 0 Å². The zero-order chi connectivity index (χ0) is 13.0. The first-order valence-electron chi connectivity index (χ1n) is 6.12. The van der Waals surface area contributed by atoms with Crippen molar-refractivity contribution in [2.45, 2.75) is 38.3 Å². The quantitative estimate of drug-likeness (QED) is 0.904. The maximum atomic E-state index is 12.0. The lowest BCUT2D eigenvalue weighted by molar-refractivity contribution is -0.134. The van der Waals surface area contributed by atoms with Crippen LogP contribution < -0.4 is 5.32 Å². The molecule has 0 aliphatic carbocycles. The summed E-state index contributed by atoms with van der Waals surface area (Å²) >= 11 is 0. The highest BCUT2D eigenvalue weighted by molar-refractivity contribution is 4.89. The summed E-state index contributed by atoms with van der Waals surface area (Å²) in [6, 6.07) is 0. The van der Waals surface area contributed by atoms with Gasteiger partial charge < -0.3 is 9.84 Å². The minimum absolute atomic E-state index is 0.145. The van der Waals surface area contributed by atoms with Gasteiger partial charge in [-0.25, -0.2) is 0 Å². The average molecular weight is 263 g/mol. The van der Waals surface area contributed by atoms with Gasteiger partial charge in [0.2, 0.25) is 5.89 Å². The molecule has 1 fully saturated rings. The first-order valence-corrected chi connectivity index (χ1v) is 6.12. The van der Waals surface area contributed by atoms with Gasteiger partial charge in [-0.3, -0.25) is 0 Å². The van der Waals surface area contributed by atoms with E-state index < -0.39 is 12.6 Å². The number of aromatic nitrogens is 2. The van der Waals surface area contributed by atoms with Gasteiger partial charge in [-0.05, 0) is 31.8 Å². The summed E-state index contributed by atoms with van der Waals surface area (Å²) in [4.78, 5) is 4.00. The fourth-order valence-electron chi connectivity index (χ4n) is 2.07. The lowest BCUT2D eigenvalue weighted by atomic mass is 9.96. The van der Waals surface area contributed by atoms with Crippen LogP contribution in [-0.2, 0) is 12.8 Å². The Morgan fingerprint density at radius 3 is 2.89 bits per heavy atom. The Morgan fingerprint density at radius 1 is 1.39 bits per heavy atom. The summed E-state index contributed by atoms with van der Waals surface area (Å²) in [5.41, 5.74) is 0. The standard InChI is InChI=1S/C11H16F3N3O/c12-11(13,14)4-3-9-16-10(18-17-9)6-8-2-1-5-15-7-8/h8,15H,1-7H2. The van der Waals surface area contributed by atoms with E-state index in [4.69, 9.17) is 4.52 Å². The van der Waals surface area contributed by atoms with Crippen molar-refractivity contribution in [1.82, 2.24) is 15.5 Å². The molecule has 18 heavy (non-hydrogen) atoms. The number of nitrogens with zero attached hydrogens (tertiary/aromatic N) is 2. The molecule has 0 bridgehead atoms. The highest BCUT2D eigenvalue weighted by Gasteiger charge is 2.27. The van der Waals surface area contributed by atoms with Crippen molar-refractivity contribution < 1.29 is 17.7 Å². The Morgan fingerprint density at radius 2 is 2.22 bits per heavy atom. The van der Waals surface area contributed by atoms with Crippen molar-refractivity contribution in [2.75, 3.05) is 13.1 Å². The van der Waals surface area contributed by atoms with Gasteiger partial charge in [-0.2, -0.15) is 18.2 Å². The lowest BCUT2D eigenvalue weighted by Crippen LogP contribution is -2.30. The summed E-state index contributed by atoms with van der Waals surface area (Å²) < 4.78 is 41.1. The normalized spacial score (nSPS) is 21.2. The molecule has 1 saturated heterocycles. The summed E-state index contributed by atoms with van der Waals surface area (Å²) in [6.45, 7) is 1.93. The van der Waals surface area contributed by atoms with Crippen molar-refractivity contribution in [1.29, 1.82) is 0 Å². The molecule has 0 amide bonds. The van der Waals surface area contributed by atoms with Gasteiger partial charge in [-0.1, -0.05) is 5.16 Å². The van der Waals surface area contributed by atoms with Gasteiger partial charge in [-0.15, -0.1) is 0 Å². The molecule has 0 radical (unpaired) electrons. The summed E-state index contributed by atoms with van der Waals surface area (Å²) in [6.07, 6.45) is -2.44. The molecule has 1 N–H and O–H groups in total. The van der Waals surface area contributed by atoms with Crippen molar-refractivity contribution in [3.8, 4) is 0 Å². The average Bonchev–Trinajstić information content (AvgIpc) is 2.75. The maximum Gasteiger partial charge on any atom is 0.389 e. The molecule has 1 aliphatic heterocycles. The number of hydrogen-bond donors (Lipinski definition) is 1. The Bertz CT molecular complexity index is 372. The number of nitrogens with one attached hydrogen (secondary N) is 1. The van der Waals surface area contributed by atoms with Crippen LogP contribution in [0.5, 0.6) is 0 Å². The third-order valence-electron chi connectivity index (χ3n) is 3.00. The smallest absolute Gasteiger partial charge is 0.339 e. The zero-order valence-corrected chi connectivity index (χ0v) is 9.96. The molecule has 1 aromatic rings. The molecule has 102 valence electrons. The predicted molar refractivity (Wildman–Crippen MR) is 58.0 cm³/mol.